The number of nitrogens with zero attached hydrogens (tertiary/aromatic N) is 3. The maximum Gasteiger partial charge on any atom is 0.271 e. The zero-order valence-corrected chi connectivity index (χ0v) is 12.5. The second-order valence-corrected chi connectivity index (χ2v) is 5.05. The molecule has 116 valence electrons. The van der Waals surface area contributed by atoms with Gasteiger partial charge in [-0.3, -0.25) is 19.6 Å². The average molecular weight is 325 g/mol. The molecule has 0 bridgehead atoms. The molecule has 9 heteroatoms. The van der Waals surface area contributed by atoms with Crippen molar-refractivity contribution in [2.24, 2.45) is 0 Å². The second kappa shape index (κ2) is 6.02. The zero-order valence-electron chi connectivity index (χ0n) is 11.8. The molecule has 1 heterocycles. The van der Waals surface area contributed by atoms with Crippen molar-refractivity contribution in [3.63, 3.8) is 0 Å². The highest BCUT2D eigenvalue weighted by atomic mass is 35.5. The van der Waals surface area contributed by atoms with Gasteiger partial charge in [0.25, 0.3) is 5.69 Å². The first kappa shape index (κ1) is 15.8. The predicted molar refractivity (Wildman–Crippen MR) is 80.1 cm³/mol. The van der Waals surface area contributed by atoms with E-state index in [9.17, 15) is 20.0 Å². The van der Waals surface area contributed by atoms with Crippen LogP contribution < -0.4 is 5.32 Å². The smallest absolute Gasteiger partial charge is 0.271 e. The summed E-state index contributed by atoms with van der Waals surface area (Å²) in [6.07, 6.45) is 1.42. The van der Waals surface area contributed by atoms with Crippen LogP contribution in [0.1, 0.15) is 18.7 Å². The van der Waals surface area contributed by atoms with Crippen LogP contribution in [-0.4, -0.2) is 25.7 Å². The summed E-state index contributed by atoms with van der Waals surface area (Å²) in [6, 6.07) is 2.68. The van der Waals surface area contributed by atoms with Crippen LogP contribution in [0.4, 0.5) is 11.4 Å². The third kappa shape index (κ3) is 3.01. The summed E-state index contributed by atoms with van der Waals surface area (Å²) in [7, 11) is 0. The Morgan fingerprint density at radius 2 is 2.23 bits per heavy atom. The number of non-ortho nitro benzene ring substituents is 1. The number of nitro benzene ring substituents is 1. The first-order valence-electron chi connectivity index (χ1n) is 6.29. The topological polar surface area (TPSA) is 110 Å². The molecule has 0 spiro atoms. The molecular weight excluding hydrogens is 312 g/mol. The molecule has 1 aromatic heterocycles. The predicted octanol–water partition coefficient (Wildman–Crippen LogP) is 2.66. The number of hydrogen-bond donors (Lipinski definition) is 2. The van der Waals surface area contributed by atoms with Crippen molar-refractivity contribution >= 4 is 28.9 Å². The lowest BCUT2D eigenvalue weighted by molar-refractivity contribution is -0.384. The molecule has 0 saturated carbocycles. The van der Waals surface area contributed by atoms with Crippen LogP contribution in [0.5, 0.6) is 5.75 Å². The van der Waals surface area contributed by atoms with Gasteiger partial charge in [-0.15, -0.1) is 0 Å². The number of anilines is 1. The van der Waals surface area contributed by atoms with Gasteiger partial charge >= 0.3 is 0 Å². The molecule has 0 aliphatic rings. The molecule has 22 heavy (non-hydrogen) atoms. The lowest BCUT2D eigenvalue weighted by Gasteiger charge is -2.15. The van der Waals surface area contributed by atoms with Gasteiger partial charge in [-0.1, -0.05) is 11.6 Å². The maximum absolute atomic E-state index is 12.2. The first-order valence-corrected chi connectivity index (χ1v) is 6.67. The van der Waals surface area contributed by atoms with Gasteiger partial charge in [0, 0.05) is 12.1 Å². The molecule has 1 aromatic carbocycles. The Morgan fingerprint density at radius 1 is 1.55 bits per heavy atom. The first-order chi connectivity index (χ1) is 10.3. The van der Waals surface area contributed by atoms with E-state index in [-0.39, 0.29) is 17.1 Å². The summed E-state index contributed by atoms with van der Waals surface area (Å²) in [5.74, 6) is -0.750. The monoisotopic (exact) mass is 324 g/mol. The van der Waals surface area contributed by atoms with Gasteiger partial charge in [0.05, 0.1) is 27.5 Å². The second-order valence-electron chi connectivity index (χ2n) is 4.65. The van der Waals surface area contributed by atoms with Crippen LogP contribution in [0.2, 0.25) is 5.02 Å². The van der Waals surface area contributed by atoms with Crippen molar-refractivity contribution in [3.8, 4) is 5.75 Å². The van der Waals surface area contributed by atoms with Crippen LogP contribution in [0.15, 0.2) is 24.4 Å². The van der Waals surface area contributed by atoms with E-state index in [0.29, 0.717) is 10.7 Å². The van der Waals surface area contributed by atoms with Gasteiger partial charge in [0.2, 0.25) is 5.91 Å². The largest absolute Gasteiger partial charge is 0.506 e. The number of phenols is 1. The number of aromatic hydroxyl groups is 1. The summed E-state index contributed by atoms with van der Waals surface area (Å²) in [4.78, 5) is 22.3. The van der Waals surface area contributed by atoms with E-state index >= 15 is 0 Å². The number of amides is 1. The minimum absolute atomic E-state index is 0.0399. The zero-order chi connectivity index (χ0) is 16.4. The summed E-state index contributed by atoms with van der Waals surface area (Å²) in [5.41, 5.74) is 0.341. The van der Waals surface area contributed by atoms with Crippen LogP contribution in [-0.2, 0) is 4.79 Å². The molecule has 0 radical (unpaired) electrons. The van der Waals surface area contributed by atoms with Crippen LogP contribution in [0, 0.1) is 17.0 Å². The number of hydrogen-bond acceptors (Lipinski definition) is 5. The Bertz CT molecular complexity index is 744. The molecule has 8 nitrogen and oxygen atoms in total. The maximum atomic E-state index is 12.2. The third-order valence-electron chi connectivity index (χ3n) is 3.18. The highest BCUT2D eigenvalue weighted by Crippen LogP contribution is 2.28. The van der Waals surface area contributed by atoms with Crippen molar-refractivity contribution in [1.82, 2.24) is 9.78 Å². The molecule has 1 atom stereocenters. The van der Waals surface area contributed by atoms with Crippen molar-refractivity contribution in [2.75, 3.05) is 5.32 Å². The van der Waals surface area contributed by atoms with Crippen molar-refractivity contribution in [2.45, 2.75) is 19.9 Å². The van der Waals surface area contributed by atoms with E-state index in [1.165, 1.54) is 10.9 Å². The third-order valence-corrected chi connectivity index (χ3v) is 3.55. The molecule has 0 aliphatic heterocycles. The highest BCUT2D eigenvalue weighted by molar-refractivity contribution is 6.31. The molecule has 0 fully saturated rings. The van der Waals surface area contributed by atoms with Gasteiger partial charge in [0.15, 0.2) is 0 Å². The number of benzene rings is 1. The Labute approximate surface area is 130 Å². The van der Waals surface area contributed by atoms with E-state index in [0.717, 1.165) is 18.2 Å². The summed E-state index contributed by atoms with van der Waals surface area (Å²) in [6.45, 7) is 3.31. The fourth-order valence-corrected chi connectivity index (χ4v) is 2.01. The normalized spacial score (nSPS) is 12.0. The fourth-order valence-electron chi connectivity index (χ4n) is 1.88. The molecule has 1 unspecified atom stereocenters. The van der Waals surface area contributed by atoms with Gasteiger partial charge < -0.3 is 10.4 Å². The number of carbonyl (C=O) groups excluding carboxylic acids is 1. The number of carbonyl (C=O) groups is 1. The highest BCUT2D eigenvalue weighted by Gasteiger charge is 2.21. The summed E-state index contributed by atoms with van der Waals surface area (Å²) < 4.78 is 1.42. The summed E-state index contributed by atoms with van der Waals surface area (Å²) >= 11 is 5.89. The number of nitro groups is 1. The van der Waals surface area contributed by atoms with Gasteiger partial charge in [-0.05, 0) is 19.9 Å². The standard InChI is InChI=1S/C13H13ClN4O4/c1-7-10(14)6-15-17(7)8(2)13(20)16-11-5-9(18(21)22)3-4-12(11)19/h3-6,8,19H,1-2H3,(H,16,20). The molecule has 0 saturated heterocycles. The van der Waals surface area contributed by atoms with E-state index in [2.05, 4.69) is 10.4 Å². The molecular formula is C13H13ClN4O4. The fraction of sp³-hybridized carbons (Fsp3) is 0.231. The number of phenolic OH excluding ortho intramolecular Hbond substituents is 1. The van der Waals surface area contributed by atoms with Crippen LogP contribution in [0.3, 0.4) is 0 Å². The average Bonchev–Trinajstić information content (AvgIpc) is 2.80. The molecule has 1 amide bonds. The van der Waals surface area contributed by atoms with Gasteiger partial charge in [0.1, 0.15) is 11.8 Å². The Hall–Kier alpha value is -2.61. The lowest BCUT2D eigenvalue weighted by Crippen LogP contribution is -2.25. The van der Waals surface area contributed by atoms with Crippen molar-refractivity contribution in [1.29, 1.82) is 0 Å². The number of halogens is 1. The SMILES string of the molecule is Cc1c(Cl)cnn1C(C)C(=O)Nc1cc([N+](=O)[O-])ccc1O. The Balaban J connectivity index is 2.23. The van der Waals surface area contributed by atoms with E-state index < -0.39 is 16.9 Å². The Morgan fingerprint density at radius 3 is 2.77 bits per heavy atom. The summed E-state index contributed by atoms with van der Waals surface area (Å²) in [5, 5.41) is 27.3. The molecule has 2 N–H and O–H groups in total. The van der Waals surface area contributed by atoms with Crippen LogP contribution in [0.25, 0.3) is 0 Å². The minimum atomic E-state index is -0.703. The number of nitrogens with one attached hydrogen (secondary N) is 1. The quantitative estimate of drug-likeness (QED) is 0.510. The van der Waals surface area contributed by atoms with E-state index in [1.807, 2.05) is 0 Å². The molecule has 0 aliphatic carbocycles. The van der Waals surface area contributed by atoms with Gasteiger partial charge in [-0.2, -0.15) is 5.10 Å². The number of rotatable bonds is 4. The minimum Gasteiger partial charge on any atom is -0.506 e. The lowest BCUT2D eigenvalue weighted by atomic mass is 10.2. The van der Waals surface area contributed by atoms with Gasteiger partial charge in [-0.25, -0.2) is 0 Å². The van der Waals surface area contributed by atoms with Crippen molar-refractivity contribution in [3.05, 3.63) is 45.2 Å². The Kier molecular flexibility index (Phi) is 4.32. The molecule has 2 rings (SSSR count). The van der Waals surface area contributed by atoms with Crippen molar-refractivity contribution < 1.29 is 14.8 Å². The van der Waals surface area contributed by atoms with E-state index in [1.54, 1.807) is 13.8 Å². The number of aromatic nitrogens is 2. The van der Waals surface area contributed by atoms with E-state index in [4.69, 9.17) is 11.6 Å². The molecule has 2 aromatic rings. The van der Waals surface area contributed by atoms with Crippen LogP contribution >= 0.6 is 11.6 Å².